The first-order valence-electron chi connectivity index (χ1n) is 5.21. The highest BCUT2D eigenvalue weighted by Gasteiger charge is 2.15. The van der Waals surface area contributed by atoms with Crippen molar-refractivity contribution >= 4 is 29.5 Å². The number of hydrogen-bond acceptors (Lipinski definition) is 4. The Morgan fingerprint density at radius 1 is 1.62 bits per heavy atom. The summed E-state index contributed by atoms with van der Waals surface area (Å²) in [5, 5.41) is 5.19. The van der Waals surface area contributed by atoms with Crippen molar-refractivity contribution in [2.75, 3.05) is 26.3 Å². The Hall–Kier alpha value is -0.420. The van der Waals surface area contributed by atoms with Crippen LogP contribution in [0, 0.1) is 5.92 Å². The molecule has 1 fully saturated rings. The van der Waals surface area contributed by atoms with Gasteiger partial charge in [-0.15, -0.1) is 23.7 Å². The Balaban J connectivity index is 0.00000128. The van der Waals surface area contributed by atoms with Gasteiger partial charge in [0.25, 0.3) is 0 Å². The van der Waals surface area contributed by atoms with Crippen LogP contribution in [0.4, 0.5) is 0 Å². The molecule has 0 aliphatic carbocycles. The second-order valence-corrected chi connectivity index (χ2v) is 4.72. The van der Waals surface area contributed by atoms with Gasteiger partial charge < -0.3 is 10.1 Å². The molecule has 1 atom stereocenters. The van der Waals surface area contributed by atoms with E-state index >= 15 is 0 Å². The Morgan fingerprint density at radius 3 is 3.12 bits per heavy atom. The molecule has 0 saturated carbocycles. The van der Waals surface area contributed by atoms with E-state index in [0.29, 0.717) is 12.5 Å². The van der Waals surface area contributed by atoms with Crippen LogP contribution in [0.1, 0.15) is 16.1 Å². The third-order valence-electron chi connectivity index (χ3n) is 2.55. The zero-order valence-corrected chi connectivity index (χ0v) is 10.6. The van der Waals surface area contributed by atoms with Gasteiger partial charge in [-0.05, 0) is 30.3 Å². The van der Waals surface area contributed by atoms with Crippen LogP contribution in [0.15, 0.2) is 17.5 Å². The van der Waals surface area contributed by atoms with E-state index in [-0.39, 0.29) is 24.8 Å². The van der Waals surface area contributed by atoms with E-state index in [2.05, 4.69) is 5.32 Å². The van der Waals surface area contributed by atoms with Gasteiger partial charge in [-0.25, -0.2) is 0 Å². The third kappa shape index (κ3) is 3.87. The summed E-state index contributed by atoms with van der Waals surface area (Å²) in [4.78, 5) is 12.3. The van der Waals surface area contributed by atoms with E-state index < -0.39 is 0 Å². The fourth-order valence-corrected chi connectivity index (χ4v) is 2.33. The van der Waals surface area contributed by atoms with Crippen LogP contribution in [-0.4, -0.2) is 32.1 Å². The molecule has 1 aromatic heterocycles. The summed E-state index contributed by atoms with van der Waals surface area (Å²) >= 11 is 1.47. The standard InChI is InChI=1S/C11H15NO2S.ClH/c13-10(11-2-1-5-15-11)8-14-7-9-3-4-12-6-9;/h1-2,5,9,12H,3-4,6-8H2;1H. The summed E-state index contributed by atoms with van der Waals surface area (Å²) in [6.07, 6.45) is 1.16. The van der Waals surface area contributed by atoms with Crippen LogP contribution in [0.2, 0.25) is 0 Å². The van der Waals surface area contributed by atoms with Crippen molar-refractivity contribution in [3.8, 4) is 0 Å². The largest absolute Gasteiger partial charge is 0.373 e. The van der Waals surface area contributed by atoms with E-state index in [1.807, 2.05) is 17.5 Å². The molecule has 2 heterocycles. The van der Waals surface area contributed by atoms with Gasteiger partial charge in [-0.1, -0.05) is 6.07 Å². The van der Waals surface area contributed by atoms with Crippen molar-refractivity contribution in [2.45, 2.75) is 6.42 Å². The van der Waals surface area contributed by atoms with E-state index in [1.165, 1.54) is 11.3 Å². The van der Waals surface area contributed by atoms with Crippen LogP contribution in [0.3, 0.4) is 0 Å². The second-order valence-electron chi connectivity index (χ2n) is 3.77. The minimum Gasteiger partial charge on any atom is -0.373 e. The number of nitrogens with one attached hydrogen (secondary N) is 1. The fourth-order valence-electron chi connectivity index (χ4n) is 1.68. The zero-order chi connectivity index (χ0) is 10.5. The van der Waals surface area contributed by atoms with E-state index in [9.17, 15) is 4.79 Å². The van der Waals surface area contributed by atoms with Crippen LogP contribution in [0.25, 0.3) is 0 Å². The summed E-state index contributed by atoms with van der Waals surface area (Å²) in [5.41, 5.74) is 0. The van der Waals surface area contributed by atoms with Crippen molar-refractivity contribution in [3.05, 3.63) is 22.4 Å². The molecule has 0 aromatic carbocycles. The minimum absolute atomic E-state index is 0. The first-order valence-corrected chi connectivity index (χ1v) is 6.09. The normalized spacial score (nSPS) is 19.4. The number of carbonyl (C=O) groups excluding carboxylic acids is 1. The lowest BCUT2D eigenvalue weighted by molar-refractivity contribution is 0.0696. The van der Waals surface area contributed by atoms with Crippen molar-refractivity contribution in [2.24, 2.45) is 5.92 Å². The molecular formula is C11H16ClNO2S. The smallest absolute Gasteiger partial charge is 0.198 e. The maximum absolute atomic E-state index is 11.5. The molecule has 0 amide bonds. The molecule has 1 aromatic rings. The number of halogens is 1. The molecule has 16 heavy (non-hydrogen) atoms. The number of ketones is 1. The molecule has 0 radical (unpaired) electrons. The number of hydrogen-bond donors (Lipinski definition) is 1. The monoisotopic (exact) mass is 261 g/mol. The number of ether oxygens (including phenoxy) is 1. The highest BCUT2D eigenvalue weighted by molar-refractivity contribution is 7.12. The van der Waals surface area contributed by atoms with Gasteiger partial charge >= 0.3 is 0 Å². The van der Waals surface area contributed by atoms with Crippen LogP contribution < -0.4 is 5.32 Å². The molecule has 90 valence electrons. The Labute approximate surface area is 106 Å². The maximum atomic E-state index is 11.5. The SMILES string of the molecule is Cl.O=C(COCC1CCNC1)c1cccs1. The fraction of sp³-hybridized carbons (Fsp3) is 0.545. The second kappa shape index (κ2) is 7.01. The summed E-state index contributed by atoms with van der Waals surface area (Å²) in [7, 11) is 0. The summed E-state index contributed by atoms with van der Waals surface area (Å²) in [6.45, 7) is 3.02. The molecule has 1 aliphatic heterocycles. The molecule has 3 nitrogen and oxygen atoms in total. The molecule has 0 spiro atoms. The molecule has 1 aliphatic rings. The summed E-state index contributed by atoms with van der Waals surface area (Å²) in [5.74, 6) is 0.678. The summed E-state index contributed by atoms with van der Waals surface area (Å²) < 4.78 is 5.42. The lowest BCUT2D eigenvalue weighted by Gasteiger charge is -2.07. The zero-order valence-electron chi connectivity index (χ0n) is 8.98. The van der Waals surface area contributed by atoms with E-state index in [4.69, 9.17) is 4.74 Å². The molecule has 0 bridgehead atoms. The first-order chi connectivity index (χ1) is 7.36. The minimum atomic E-state index is 0. The topological polar surface area (TPSA) is 38.3 Å². The Kier molecular flexibility index (Phi) is 5.98. The number of rotatable bonds is 5. The van der Waals surface area contributed by atoms with Crippen LogP contribution in [0.5, 0.6) is 0 Å². The quantitative estimate of drug-likeness (QED) is 0.824. The predicted molar refractivity (Wildman–Crippen MR) is 67.7 cm³/mol. The maximum Gasteiger partial charge on any atom is 0.198 e. The van der Waals surface area contributed by atoms with Gasteiger partial charge in [0, 0.05) is 6.54 Å². The van der Waals surface area contributed by atoms with Gasteiger partial charge in [0.2, 0.25) is 0 Å². The van der Waals surface area contributed by atoms with Crippen molar-refractivity contribution < 1.29 is 9.53 Å². The molecule has 5 heteroatoms. The first kappa shape index (κ1) is 13.6. The average molecular weight is 262 g/mol. The van der Waals surface area contributed by atoms with Gasteiger partial charge in [0.05, 0.1) is 11.5 Å². The van der Waals surface area contributed by atoms with Gasteiger partial charge in [-0.2, -0.15) is 0 Å². The Morgan fingerprint density at radius 2 is 2.50 bits per heavy atom. The highest BCUT2D eigenvalue weighted by Crippen LogP contribution is 2.11. The average Bonchev–Trinajstić information content (AvgIpc) is 2.90. The lowest BCUT2D eigenvalue weighted by atomic mass is 10.1. The van der Waals surface area contributed by atoms with Gasteiger partial charge in [0.15, 0.2) is 5.78 Å². The van der Waals surface area contributed by atoms with Gasteiger partial charge in [-0.3, -0.25) is 4.79 Å². The van der Waals surface area contributed by atoms with Crippen LogP contribution >= 0.6 is 23.7 Å². The number of thiophene rings is 1. The van der Waals surface area contributed by atoms with Crippen molar-refractivity contribution in [1.82, 2.24) is 5.32 Å². The molecule has 1 saturated heterocycles. The van der Waals surface area contributed by atoms with Crippen molar-refractivity contribution in [3.63, 3.8) is 0 Å². The molecule has 1 N–H and O–H groups in total. The summed E-state index contributed by atoms with van der Waals surface area (Å²) in [6, 6.07) is 3.73. The van der Waals surface area contributed by atoms with Crippen LogP contribution in [-0.2, 0) is 4.74 Å². The molecule has 2 rings (SSSR count). The molecular weight excluding hydrogens is 246 g/mol. The number of carbonyl (C=O) groups is 1. The Bertz CT molecular complexity index is 310. The van der Waals surface area contributed by atoms with Gasteiger partial charge in [0.1, 0.15) is 6.61 Å². The van der Waals surface area contributed by atoms with E-state index in [0.717, 1.165) is 24.4 Å². The van der Waals surface area contributed by atoms with Crippen molar-refractivity contribution in [1.29, 1.82) is 0 Å². The van der Waals surface area contributed by atoms with E-state index in [1.54, 1.807) is 0 Å². The molecule has 1 unspecified atom stereocenters. The predicted octanol–water partition coefficient (Wildman–Crippen LogP) is 1.98. The lowest BCUT2D eigenvalue weighted by Crippen LogP contribution is -2.16. The third-order valence-corrected chi connectivity index (χ3v) is 3.46. The highest BCUT2D eigenvalue weighted by atomic mass is 35.5. The number of Topliss-reactive ketones (excluding diaryl/α,β-unsaturated/α-hetero) is 1.